The van der Waals surface area contributed by atoms with Crippen molar-refractivity contribution in [2.75, 3.05) is 0 Å². The highest BCUT2D eigenvalue weighted by molar-refractivity contribution is 6.36. The predicted octanol–water partition coefficient (Wildman–Crippen LogP) is 1.47. The number of nitro benzene ring substituents is 1. The van der Waals surface area contributed by atoms with E-state index in [-0.39, 0.29) is 36.7 Å². The molecule has 1 aliphatic heterocycles. The summed E-state index contributed by atoms with van der Waals surface area (Å²) in [6.45, 7) is 1.60. The third-order valence-corrected chi connectivity index (χ3v) is 3.29. The maximum atomic E-state index is 11.8. The molecular weight excluding hydrogens is 278 g/mol. The first-order valence-electron chi connectivity index (χ1n) is 6.24. The second-order valence-electron chi connectivity index (χ2n) is 4.62. The van der Waals surface area contributed by atoms with E-state index in [1.165, 1.54) is 12.1 Å². The molecule has 1 heterocycles. The minimum atomic E-state index is -1.16. The Morgan fingerprint density at radius 1 is 1.48 bits per heavy atom. The van der Waals surface area contributed by atoms with Crippen LogP contribution in [0.2, 0.25) is 0 Å². The van der Waals surface area contributed by atoms with Crippen molar-refractivity contribution in [1.82, 2.24) is 5.01 Å². The minimum absolute atomic E-state index is 0.0170. The summed E-state index contributed by atoms with van der Waals surface area (Å²) in [4.78, 5) is 33.1. The van der Waals surface area contributed by atoms with Gasteiger partial charge < -0.3 is 5.11 Å². The van der Waals surface area contributed by atoms with Crippen molar-refractivity contribution >= 4 is 23.3 Å². The fourth-order valence-corrected chi connectivity index (χ4v) is 2.08. The van der Waals surface area contributed by atoms with Crippen LogP contribution in [0.25, 0.3) is 0 Å². The van der Waals surface area contributed by atoms with Crippen LogP contribution in [0, 0.1) is 17.0 Å². The molecule has 1 aromatic carbocycles. The van der Waals surface area contributed by atoms with Gasteiger partial charge in [0.25, 0.3) is 5.69 Å². The second kappa shape index (κ2) is 5.70. The Labute approximate surface area is 119 Å². The van der Waals surface area contributed by atoms with Crippen LogP contribution in [0.5, 0.6) is 0 Å². The Hall–Kier alpha value is -2.77. The van der Waals surface area contributed by atoms with Gasteiger partial charge in [-0.2, -0.15) is 5.10 Å². The topological polar surface area (TPSA) is 113 Å². The predicted molar refractivity (Wildman–Crippen MR) is 72.7 cm³/mol. The molecule has 0 fully saturated rings. The van der Waals surface area contributed by atoms with Gasteiger partial charge in [0.15, 0.2) is 0 Å². The number of nitrogens with zero attached hydrogens (tertiary/aromatic N) is 3. The van der Waals surface area contributed by atoms with Crippen molar-refractivity contribution in [3.05, 3.63) is 39.4 Å². The number of hydrazone groups is 1. The summed E-state index contributed by atoms with van der Waals surface area (Å²) >= 11 is 0. The molecule has 0 unspecified atom stereocenters. The van der Waals surface area contributed by atoms with E-state index >= 15 is 0 Å². The third kappa shape index (κ3) is 3.04. The zero-order chi connectivity index (χ0) is 15.6. The quantitative estimate of drug-likeness (QED) is 0.666. The molecule has 0 bridgehead atoms. The Morgan fingerprint density at radius 2 is 2.19 bits per heavy atom. The number of carbonyl (C=O) groups is 2. The first-order chi connectivity index (χ1) is 9.90. The Bertz CT molecular complexity index is 653. The lowest BCUT2D eigenvalue weighted by molar-refractivity contribution is -0.385. The molecule has 1 amide bonds. The number of benzene rings is 1. The fourth-order valence-electron chi connectivity index (χ4n) is 2.08. The summed E-state index contributed by atoms with van der Waals surface area (Å²) in [5, 5.41) is 24.7. The molecule has 0 atom stereocenters. The summed E-state index contributed by atoms with van der Waals surface area (Å²) in [5.41, 5.74) is 0.873. The van der Waals surface area contributed by atoms with Crippen LogP contribution in [-0.4, -0.2) is 32.6 Å². The molecule has 8 nitrogen and oxygen atoms in total. The van der Waals surface area contributed by atoms with Crippen LogP contribution in [-0.2, 0) is 16.1 Å². The van der Waals surface area contributed by atoms with Crippen molar-refractivity contribution in [2.45, 2.75) is 26.3 Å². The number of aliphatic carboxylic acids is 1. The average molecular weight is 291 g/mol. The largest absolute Gasteiger partial charge is 0.477 e. The van der Waals surface area contributed by atoms with Gasteiger partial charge in [-0.1, -0.05) is 12.1 Å². The van der Waals surface area contributed by atoms with Gasteiger partial charge in [0.05, 0.1) is 11.5 Å². The summed E-state index contributed by atoms with van der Waals surface area (Å²) in [5.74, 6) is -1.46. The molecule has 21 heavy (non-hydrogen) atoms. The van der Waals surface area contributed by atoms with Crippen LogP contribution in [0.3, 0.4) is 0 Å². The first-order valence-corrected chi connectivity index (χ1v) is 6.24. The molecule has 110 valence electrons. The van der Waals surface area contributed by atoms with Crippen LogP contribution >= 0.6 is 0 Å². The number of nitro groups is 1. The first kappa shape index (κ1) is 14.6. The van der Waals surface area contributed by atoms with E-state index < -0.39 is 10.9 Å². The molecule has 1 N–H and O–H groups in total. The molecule has 0 aliphatic carbocycles. The van der Waals surface area contributed by atoms with Gasteiger partial charge in [-0.3, -0.25) is 14.9 Å². The monoisotopic (exact) mass is 291 g/mol. The normalized spacial score (nSPS) is 14.8. The van der Waals surface area contributed by atoms with Crippen molar-refractivity contribution < 1.29 is 19.6 Å². The third-order valence-electron chi connectivity index (χ3n) is 3.29. The summed E-state index contributed by atoms with van der Waals surface area (Å²) < 4.78 is 0. The summed E-state index contributed by atoms with van der Waals surface area (Å²) in [7, 11) is 0. The molecule has 0 saturated carbocycles. The number of amides is 1. The molecule has 0 spiro atoms. The van der Waals surface area contributed by atoms with Gasteiger partial charge in [-0.05, 0) is 12.5 Å². The standard InChI is InChI=1S/C13H13N3O5/c1-8-9(3-2-4-11(8)16(20)21)7-15-12(17)6-5-10(14-15)13(18)19/h2-4H,5-7H2,1H3,(H,18,19). The maximum Gasteiger partial charge on any atom is 0.352 e. The molecule has 0 radical (unpaired) electrons. The SMILES string of the molecule is Cc1c(CN2N=C(C(=O)O)CCC2=O)cccc1[N+](=O)[O-]. The van der Waals surface area contributed by atoms with Crippen LogP contribution in [0.15, 0.2) is 23.3 Å². The van der Waals surface area contributed by atoms with Crippen molar-refractivity contribution in [3.63, 3.8) is 0 Å². The van der Waals surface area contributed by atoms with E-state index in [2.05, 4.69) is 5.10 Å². The zero-order valence-electron chi connectivity index (χ0n) is 11.3. The molecular formula is C13H13N3O5. The van der Waals surface area contributed by atoms with Crippen LogP contribution in [0.1, 0.15) is 24.0 Å². The number of carbonyl (C=O) groups excluding carboxylic acids is 1. The van der Waals surface area contributed by atoms with E-state index in [9.17, 15) is 19.7 Å². The van der Waals surface area contributed by atoms with E-state index in [1.54, 1.807) is 13.0 Å². The number of carboxylic acids is 1. The van der Waals surface area contributed by atoms with Gasteiger partial charge in [-0.25, -0.2) is 9.80 Å². The highest BCUT2D eigenvalue weighted by Gasteiger charge is 2.25. The number of hydrogen-bond acceptors (Lipinski definition) is 5. The summed E-state index contributed by atoms with van der Waals surface area (Å²) in [6, 6.07) is 4.56. The van der Waals surface area contributed by atoms with Gasteiger partial charge in [-0.15, -0.1) is 0 Å². The van der Waals surface area contributed by atoms with Crippen LogP contribution < -0.4 is 0 Å². The van der Waals surface area contributed by atoms with Crippen molar-refractivity contribution in [1.29, 1.82) is 0 Å². The van der Waals surface area contributed by atoms with Crippen LogP contribution in [0.4, 0.5) is 5.69 Å². The number of carboxylic acid groups (broad SMARTS) is 1. The molecule has 1 aromatic rings. The van der Waals surface area contributed by atoms with E-state index in [4.69, 9.17) is 5.11 Å². The lowest BCUT2D eigenvalue weighted by atomic mass is 10.1. The van der Waals surface area contributed by atoms with E-state index in [0.717, 1.165) is 5.01 Å². The lowest BCUT2D eigenvalue weighted by Gasteiger charge is -2.22. The van der Waals surface area contributed by atoms with Gasteiger partial charge in [0.2, 0.25) is 5.91 Å². The van der Waals surface area contributed by atoms with Gasteiger partial charge in [0, 0.05) is 24.5 Å². The lowest BCUT2D eigenvalue weighted by Crippen LogP contribution is -2.34. The smallest absolute Gasteiger partial charge is 0.352 e. The number of hydrogen-bond donors (Lipinski definition) is 1. The van der Waals surface area contributed by atoms with E-state index in [1.807, 2.05) is 0 Å². The zero-order valence-corrected chi connectivity index (χ0v) is 11.3. The minimum Gasteiger partial charge on any atom is -0.477 e. The fraction of sp³-hybridized carbons (Fsp3) is 0.308. The molecule has 0 aromatic heterocycles. The molecule has 8 heteroatoms. The molecule has 1 aliphatic rings. The highest BCUT2D eigenvalue weighted by Crippen LogP contribution is 2.23. The van der Waals surface area contributed by atoms with Crippen molar-refractivity contribution in [3.8, 4) is 0 Å². The number of rotatable bonds is 4. The summed E-state index contributed by atoms with van der Waals surface area (Å²) in [6.07, 6.45) is 0.164. The Balaban J connectivity index is 2.31. The van der Waals surface area contributed by atoms with Gasteiger partial charge >= 0.3 is 5.97 Å². The maximum absolute atomic E-state index is 11.8. The molecule has 2 rings (SSSR count). The average Bonchev–Trinajstić information content (AvgIpc) is 2.42. The van der Waals surface area contributed by atoms with E-state index in [0.29, 0.717) is 11.1 Å². The molecule has 0 saturated heterocycles. The highest BCUT2D eigenvalue weighted by atomic mass is 16.6. The second-order valence-corrected chi connectivity index (χ2v) is 4.62. The Kier molecular flexibility index (Phi) is 3.97. The Morgan fingerprint density at radius 3 is 2.81 bits per heavy atom. The van der Waals surface area contributed by atoms with Gasteiger partial charge in [0.1, 0.15) is 5.71 Å². The van der Waals surface area contributed by atoms with Crippen molar-refractivity contribution in [2.24, 2.45) is 5.10 Å².